The number of hydrogen-bond donors (Lipinski definition) is 1. The van der Waals surface area contributed by atoms with Gasteiger partial charge in [0.2, 0.25) is 0 Å². The van der Waals surface area contributed by atoms with Crippen LogP contribution in [-0.4, -0.2) is 24.1 Å². The first-order chi connectivity index (χ1) is 15.0. The maximum absolute atomic E-state index is 14.7. The van der Waals surface area contributed by atoms with Crippen molar-refractivity contribution < 1.29 is 9.18 Å². The lowest BCUT2D eigenvalue weighted by Gasteiger charge is -2.35. The average Bonchev–Trinajstić information content (AvgIpc) is 2.79. The van der Waals surface area contributed by atoms with E-state index in [0.717, 1.165) is 41.9 Å². The standard InChI is InChI=1S/C26H28FN3O/c1-4-24-22-15-20(27)14-21(17(2)28-23-13-9-8-12-19(23)16-31)25(22)29-26(30(24)3)18-10-6-5-7-11-18/h8-9,12-18,28H,1,5-7,10-11H2,2-3H3. The van der Waals surface area contributed by atoms with Crippen molar-refractivity contribution in [1.29, 1.82) is 0 Å². The minimum atomic E-state index is -0.330. The molecule has 160 valence electrons. The quantitative estimate of drug-likeness (QED) is 0.446. The highest BCUT2D eigenvalue weighted by Crippen LogP contribution is 2.42. The first-order valence-corrected chi connectivity index (χ1v) is 10.9. The smallest absolute Gasteiger partial charge is 0.152 e. The predicted molar refractivity (Wildman–Crippen MR) is 124 cm³/mol. The zero-order valence-corrected chi connectivity index (χ0v) is 18.1. The topological polar surface area (TPSA) is 44.7 Å². The van der Waals surface area contributed by atoms with Gasteiger partial charge in [-0.3, -0.25) is 4.79 Å². The number of aldehydes is 1. The molecular weight excluding hydrogens is 389 g/mol. The van der Waals surface area contributed by atoms with Gasteiger partial charge in [0.1, 0.15) is 11.7 Å². The van der Waals surface area contributed by atoms with Crippen LogP contribution in [0.5, 0.6) is 0 Å². The van der Waals surface area contributed by atoms with Crippen molar-refractivity contribution in [2.24, 2.45) is 10.9 Å². The van der Waals surface area contributed by atoms with Gasteiger partial charge < -0.3 is 10.2 Å². The largest absolute Gasteiger partial charge is 0.378 e. The number of nitrogens with zero attached hydrogens (tertiary/aromatic N) is 2. The molecule has 4 nitrogen and oxygen atoms in total. The number of fused-ring (bicyclic) bond motifs is 1. The molecule has 2 aliphatic rings. The second-order valence-electron chi connectivity index (χ2n) is 8.35. The predicted octanol–water partition coefficient (Wildman–Crippen LogP) is 6.49. The van der Waals surface area contributed by atoms with E-state index in [1.54, 1.807) is 6.07 Å². The molecular formula is C26H28FN3O. The molecule has 2 aromatic carbocycles. The number of hydrogen-bond acceptors (Lipinski definition) is 4. The van der Waals surface area contributed by atoms with E-state index in [2.05, 4.69) is 17.6 Å². The molecule has 1 aliphatic carbocycles. The van der Waals surface area contributed by atoms with E-state index in [0.29, 0.717) is 22.7 Å². The number of carbonyl (C=O) groups is 1. The van der Waals surface area contributed by atoms with E-state index in [1.165, 1.54) is 31.4 Å². The van der Waals surface area contributed by atoms with Crippen LogP contribution in [0.3, 0.4) is 0 Å². The number of para-hydroxylation sites is 1. The molecule has 1 unspecified atom stereocenters. The molecule has 2 aromatic rings. The summed E-state index contributed by atoms with van der Waals surface area (Å²) in [5, 5.41) is 3.37. The van der Waals surface area contributed by atoms with Gasteiger partial charge in [-0.25, -0.2) is 9.38 Å². The third-order valence-electron chi connectivity index (χ3n) is 6.33. The van der Waals surface area contributed by atoms with E-state index >= 15 is 0 Å². The Balaban J connectivity index is 1.80. The van der Waals surface area contributed by atoms with E-state index in [1.807, 2.05) is 37.1 Å². The van der Waals surface area contributed by atoms with Gasteiger partial charge in [-0.05, 0) is 44.0 Å². The molecule has 0 spiro atoms. The number of anilines is 1. The molecule has 1 N–H and O–H groups in total. The summed E-state index contributed by atoms with van der Waals surface area (Å²) in [6, 6.07) is 10.1. The van der Waals surface area contributed by atoms with Gasteiger partial charge in [0, 0.05) is 35.3 Å². The Morgan fingerprint density at radius 1 is 1.26 bits per heavy atom. The Hall–Kier alpha value is -3.17. The van der Waals surface area contributed by atoms with Crippen LogP contribution in [-0.2, 0) is 0 Å². The summed E-state index contributed by atoms with van der Waals surface area (Å²) in [6.45, 7) is 5.83. The molecule has 1 heterocycles. The fraction of sp³-hybridized carbons (Fsp3) is 0.346. The molecule has 1 aliphatic heterocycles. The van der Waals surface area contributed by atoms with Crippen LogP contribution in [0.15, 0.2) is 53.7 Å². The summed E-state index contributed by atoms with van der Waals surface area (Å²) in [5.74, 6) is 1.06. The number of aliphatic imine (C=N–C) groups is 1. The lowest BCUT2D eigenvalue weighted by molar-refractivity contribution is 0.112. The summed E-state index contributed by atoms with van der Waals surface area (Å²) < 4.78 is 14.7. The molecule has 5 heteroatoms. The van der Waals surface area contributed by atoms with Crippen molar-refractivity contribution in [2.45, 2.75) is 45.1 Å². The molecule has 0 bridgehead atoms. The lowest BCUT2D eigenvalue weighted by atomic mass is 9.86. The van der Waals surface area contributed by atoms with E-state index in [4.69, 9.17) is 4.99 Å². The molecule has 31 heavy (non-hydrogen) atoms. The zero-order valence-electron chi connectivity index (χ0n) is 18.1. The Labute approximate surface area is 183 Å². The maximum Gasteiger partial charge on any atom is 0.152 e. The van der Waals surface area contributed by atoms with Crippen molar-refractivity contribution in [1.82, 2.24) is 4.90 Å². The molecule has 4 rings (SSSR count). The minimum Gasteiger partial charge on any atom is -0.378 e. The Kier molecular flexibility index (Phi) is 6.06. The van der Waals surface area contributed by atoms with Crippen LogP contribution in [0.25, 0.3) is 5.70 Å². The van der Waals surface area contributed by atoms with Gasteiger partial charge >= 0.3 is 0 Å². The first kappa shape index (κ1) is 21.1. The third-order valence-corrected chi connectivity index (χ3v) is 6.33. The SMILES string of the molecule is C=C=C1c2cc(F)cc(C(C)Nc3ccccc3C=O)c2N=C(C2CCCCC2)N1C. The van der Waals surface area contributed by atoms with Crippen molar-refractivity contribution in [3.63, 3.8) is 0 Å². The zero-order chi connectivity index (χ0) is 22.0. The number of carbonyl (C=O) groups excluding carboxylic acids is 1. The normalized spacial score (nSPS) is 17.5. The van der Waals surface area contributed by atoms with Gasteiger partial charge in [-0.15, -0.1) is 5.73 Å². The number of nitrogens with one attached hydrogen (secondary N) is 1. The van der Waals surface area contributed by atoms with Gasteiger partial charge in [0.05, 0.1) is 17.4 Å². The Morgan fingerprint density at radius 2 is 2.00 bits per heavy atom. The molecule has 0 saturated heterocycles. The van der Waals surface area contributed by atoms with Gasteiger partial charge in [-0.1, -0.05) is 38.0 Å². The van der Waals surface area contributed by atoms with E-state index in [-0.39, 0.29) is 11.9 Å². The summed E-state index contributed by atoms with van der Waals surface area (Å²) in [5.41, 5.74) is 7.27. The van der Waals surface area contributed by atoms with E-state index in [9.17, 15) is 9.18 Å². The highest BCUT2D eigenvalue weighted by molar-refractivity contribution is 5.99. The second kappa shape index (κ2) is 8.91. The monoisotopic (exact) mass is 417 g/mol. The summed E-state index contributed by atoms with van der Waals surface area (Å²) >= 11 is 0. The summed E-state index contributed by atoms with van der Waals surface area (Å²) in [4.78, 5) is 18.5. The molecule has 0 aromatic heterocycles. The number of benzene rings is 2. The van der Waals surface area contributed by atoms with Gasteiger partial charge in [0.25, 0.3) is 0 Å². The van der Waals surface area contributed by atoms with Crippen LogP contribution in [0.1, 0.15) is 66.6 Å². The van der Waals surface area contributed by atoms with Gasteiger partial charge in [0.15, 0.2) is 6.29 Å². The van der Waals surface area contributed by atoms with Crippen molar-refractivity contribution in [3.05, 3.63) is 71.2 Å². The second-order valence-corrected chi connectivity index (χ2v) is 8.35. The number of halogens is 1. The maximum atomic E-state index is 14.7. The fourth-order valence-electron chi connectivity index (χ4n) is 4.72. The molecule has 1 saturated carbocycles. The van der Waals surface area contributed by atoms with Crippen LogP contribution in [0, 0.1) is 11.7 Å². The lowest BCUT2D eigenvalue weighted by Crippen LogP contribution is -2.35. The molecule has 1 atom stereocenters. The molecule has 0 amide bonds. The third kappa shape index (κ3) is 4.06. The fourth-order valence-corrected chi connectivity index (χ4v) is 4.72. The average molecular weight is 418 g/mol. The van der Waals surface area contributed by atoms with Crippen LogP contribution in [0.4, 0.5) is 15.8 Å². The number of rotatable bonds is 5. The van der Waals surface area contributed by atoms with Crippen LogP contribution >= 0.6 is 0 Å². The first-order valence-electron chi connectivity index (χ1n) is 10.9. The molecule has 0 radical (unpaired) electrons. The van der Waals surface area contributed by atoms with Crippen molar-refractivity contribution in [2.75, 3.05) is 12.4 Å². The van der Waals surface area contributed by atoms with Crippen LogP contribution in [0.2, 0.25) is 0 Å². The van der Waals surface area contributed by atoms with Crippen molar-refractivity contribution in [3.8, 4) is 0 Å². The van der Waals surface area contributed by atoms with Crippen LogP contribution < -0.4 is 5.32 Å². The van der Waals surface area contributed by atoms with Crippen molar-refractivity contribution >= 4 is 29.2 Å². The summed E-state index contributed by atoms with van der Waals surface area (Å²) in [7, 11) is 1.97. The Bertz CT molecular complexity index is 1080. The van der Waals surface area contributed by atoms with E-state index < -0.39 is 0 Å². The summed E-state index contributed by atoms with van der Waals surface area (Å²) in [6.07, 6.45) is 6.72. The highest BCUT2D eigenvalue weighted by atomic mass is 19.1. The number of amidine groups is 1. The van der Waals surface area contributed by atoms with Gasteiger partial charge in [-0.2, -0.15) is 0 Å². The Morgan fingerprint density at radius 3 is 2.71 bits per heavy atom. The molecule has 1 fully saturated rings. The minimum absolute atomic E-state index is 0.253. The highest BCUT2D eigenvalue weighted by Gasteiger charge is 2.31.